The van der Waals surface area contributed by atoms with E-state index < -0.39 is 27.1 Å². The first kappa shape index (κ1) is 19.6. The number of alkyl halides is 3. The quantitative estimate of drug-likeness (QED) is 0.669. The minimum atomic E-state index is -4.49. The van der Waals surface area contributed by atoms with Gasteiger partial charge in [0.15, 0.2) is 5.82 Å². The number of para-hydroxylation sites is 1. The fraction of sp³-hybridized carbons (Fsp3) is 0.389. The van der Waals surface area contributed by atoms with Crippen molar-refractivity contribution >= 4 is 32.4 Å². The molecule has 0 amide bonds. The maximum atomic E-state index is 12.9. The molecule has 2 N–H and O–H groups in total. The highest BCUT2D eigenvalue weighted by molar-refractivity contribution is 7.93. The highest BCUT2D eigenvalue weighted by Gasteiger charge is 2.35. The predicted octanol–water partition coefficient (Wildman–Crippen LogP) is 3.33. The second-order valence-electron chi connectivity index (χ2n) is 7.14. The summed E-state index contributed by atoms with van der Waals surface area (Å²) in [5.74, 6) is 0.176. The van der Waals surface area contributed by atoms with Crippen LogP contribution in [0.15, 0.2) is 36.5 Å². The van der Waals surface area contributed by atoms with Gasteiger partial charge in [0, 0.05) is 37.8 Å². The van der Waals surface area contributed by atoms with E-state index in [1.54, 1.807) is 17.0 Å². The number of hydrogen-bond donors (Lipinski definition) is 2. The molecule has 29 heavy (non-hydrogen) atoms. The molecule has 3 aromatic rings. The van der Waals surface area contributed by atoms with E-state index in [1.165, 1.54) is 0 Å². The molecule has 1 aliphatic heterocycles. The zero-order valence-electron chi connectivity index (χ0n) is 15.6. The second kappa shape index (κ2) is 6.97. The Kier molecular flexibility index (Phi) is 4.72. The number of sulfonamides is 1. The minimum absolute atomic E-state index is 0.176. The molecule has 0 saturated carbocycles. The standard InChI is InChI=1S/C18H20F3N5O2S/c1-25-8-5-12-3-2-4-14(17(12)25)24-29(27,28)13-6-9-26(10-7-13)16-11-15(22-23-16)18(19,20)21/h2-5,8,11,13,24H,6-7,9-10H2,1H3,(H,22,23). The highest BCUT2D eigenvalue weighted by Crippen LogP contribution is 2.31. The van der Waals surface area contributed by atoms with Crippen LogP contribution in [-0.2, 0) is 23.2 Å². The van der Waals surface area contributed by atoms with Gasteiger partial charge < -0.3 is 9.47 Å². The number of aryl methyl sites for hydroxylation is 1. The Bertz CT molecular complexity index is 1130. The summed E-state index contributed by atoms with van der Waals surface area (Å²) in [7, 11) is -1.80. The van der Waals surface area contributed by atoms with Crippen LogP contribution in [0.3, 0.4) is 0 Å². The van der Waals surface area contributed by atoms with Crippen LogP contribution in [0.5, 0.6) is 0 Å². The normalized spacial score (nSPS) is 16.5. The number of nitrogens with one attached hydrogen (secondary N) is 2. The van der Waals surface area contributed by atoms with E-state index >= 15 is 0 Å². The lowest BCUT2D eigenvalue weighted by Crippen LogP contribution is -2.41. The van der Waals surface area contributed by atoms with Gasteiger partial charge in [-0.1, -0.05) is 12.1 Å². The molecule has 0 spiro atoms. The Morgan fingerprint density at radius 2 is 1.93 bits per heavy atom. The Morgan fingerprint density at radius 3 is 2.59 bits per heavy atom. The zero-order valence-corrected chi connectivity index (χ0v) is 16.4. The van der Waals surface area contributed by atoms with Gasteiger partial charge >= 0.3 is 6.18 Å². The molecule has 3 heterocycles. The van der Waals surface area contributed by atoms with Gasteiger partial charge in [0.25, 0.3) is 0 Å². The summed E-state index contributed by atoms with van der Waals surface area (Å²) < 4.78 is 68.5. The number of halogens is 3. The Morgan fingerprint density at radius 1 is 1.21 bits per heavy atom. The number of piperidine rings is 1. The van der Waals surface area contributed by atoms with E-state index in [1.807, 2.05) is 35.0 Å². The van der Waals surface area contributed by atoms with E-state index in [0.29, 0.717) is 31.6 Å². The number of aromatic amines is 1. The molecule has 2 aromatic heterocycles. The Balaban J connectivity index is 1.46. The molecule has 0 unspecified atom stereocenters. The van der Waals surface area contributed by atoms with Crippen molar-refractivity contribution in [2.45, 2.75) is 24.3 Å². The molecular weight excluding hydrogens is 407 g/mol. The molecule has 1 fully saturated rings. The van der Waals surface area contributed by atoms with Gasteiger partial charge in [0.2, 0.25) is 10.0 Å². The number of hydrogen-bond acceptors (Lipinski definition) is 4. The largest absolute Gasteiger partial charge is 0.432 e. The third kappa shape index (κ3) is 3.78. The molecule has 4 rings (SSSR count). The van der Waals surface area contributed by atoms with Crippen molar-refractivity contribution in [1.82, 2.24) is 14.8 Å². The summed E-state index contributed by atoms with van der Waals surface area (Å²) in [6.45, 7) is 0.615. The first-order chi connectivity index (χ1) is 13.6. The van der Waals surface area contributed by atoms with Gasteiger partial charge in [-0.3, -0.25) is 9.82 Å². The average molecular weight is 427 g/mol. The first-order valence-corrected chi connectivity index (χ1v) is 10.6. The van der Waals surface area contributed by atoms with Gasteiger partial charge in [0.05, 0.1) is 16.5 Å². The highest BCUT2D eigenvalue weighted by atomic mass is 32.2. The van der Waals surface area contributed by atoms with Crippen LogP contribution >= 0.6 is 0 Å². The molecule has 0 aliphatic carbocycles. The molecule has 0 bridgehead atoms. The molecule has 1 saturated heterocycles. The van der Waals surface area contributed by atoms with Crippen molar-refractivity contribution in [2.75, 3.05) is 22.7 Å². The molecular formula is C18H20F3N5O2S. The lowest BCUT2D eigenvalue weighted by Gasteiger charge is -2.31. The molecule has 0 atom stereocenters. The van der Waals surface area contributed by atoms with Gasteiger partial charge in [-0.2, -0.15) is 18.3 Å². The van der Waals surface area contributed by atoms with Crippen LogP contribution in [0.4, 0.5) is 24.7 Å². The van der Waals surface area contributed by atoms with E-state index in [9.17, 15) is 21.6 Å². The SMILES string of the molecule is Cn1ccc2cccc(NS(=O)(=O)C3CCN(c4cc(C(F)(F)F)[nH]n4)CC3)c21. The molecule has 156 valence electrons. The predicted molar refractivity (Wildman–Crippen MR) is 104 cm³/mol. The molecule has 1 aliphatic rings. The molecule has 7 nitrogen and oxygen atoms in total. The summed E-state index contributed by atoms with van der Waals surface area (Å²) in [6.07, 6.45) is -2.03. The molecule has 0 radical (unpaired) electrons. The topological polar surface area (TPSA) is 83.0 Å². The fourth-order valence-electron chi connectivity index (χ4n) is 3.69. The third-order valence-electron chi connectivity index (χ3n) is 5.22. The number of nitrogens with zero attached hydrogens (tertiary/aromatic N) is 3. The van der Waals surface area contributed by atoms with Crippen LogP contribution in [0.25, 0.3) is 10.9 Å². The van der Waals surface area contributed by atoms with Crippen molar-refractivity contribution in [3.8, 4) is 0 Å². The number of aromatic nitrogens is 3. The van der Waals surface area contributed by atoms with Crippen LogP contribution in [0, 0.1) is 0 Å². The van der Waals surface area contributed by atoms with E-state index in [4.69, 9.17) is 0 Å². The minimum Gasteiger partial charge on any atom is -0.355 e. The van der Waals surface area contributed by atoms with Crippen molar-refractivity contribution in [3.05, 3.63) is 42.2 Å². The van der Waals surface area contributed by atoms with Crippen LogP contribution in [0.2, 0.25) is 0 Å². The number of benzene rings is 1. The number of fused-ring (bicyclic) bond motifs is 1. The number of anilines is 2. The first-order valence-electron chi connectivity index (χ1n) is 9.08. The second-order valence-corrected chi connectivity index (χ2v) is 9.10. The summed E-state index contributed by atoms with van der Waals surface area (Å²) in [5.41, 5.74) is 0.392. The van der Waals surface area contributed by atoms with Crippen LogP contribution < -0.4 is 9.62 Å². The number of rotatable bonds is 4. The number of H-pyrrole nitrogens is 1. The lowest BCUT2D eigenvalue weighted by molar-refractivity contribution is -0.141. The van der Waals surface area contributed by atoms with Crippen LogP contribution in [0.1, 0.15) is 18.5 Å². The van der Waals surface area contributed by atoms with Gasteiger partial charge in [-0.05, 0) is 25.0 Å². The van der Waals surface area contributed by atoms with Gasteiger partial charge in [-0.25, -0.2) is 8.42 Å². The summed E-state index contributed by atoms with van der Waals surface area (Å²) in [5, 5.41) is 6.00. The van der Waals surface area contributed by atoms with Gasteiger partial charge in [-0.15, -0.1) is 0 Å². The van der Waals surface area contributed by atoms with Crippen molar-refractivity contribution in [3.63, 3.8) is 0 Å². The maximum Gasteiger partial charge on any atom is 0.432 e. The zero-order chi connectivity index (χ0) is 20.8. The fourth-order valence-corrected chi connectivity index (χ4v) is 5.16. The van der Waals surface area contributed by atoms with E-state index in [-0.39, 0.29) is 5.82 Å². The Hall–Kier alpha value is -2.69. The van der Waals surface area contributed by atoms with Crippen LogP contribution in [-0.4, -0.2) is 41.5 Å². The molecule has 11 heteroatoms. The smallest absolute Gasteiger partial charge is 0.355 e. The monoisotopic (exact) mass is 427 g/mol. The summed E-state index contributed by atoms with van der Waals surface area (Å²) in [6, 6.07) is 8.27. The van der Waals surface area contributed by atoms with E-state index in [2.05, 4.69) is 9.82 Å². The van der Waals surface area contributed by atoms with E-state index in [0.717, 1.165) is 17.0 Å². The third-order valence-corrected chi connectivity index (χ3v) is 7.08. The van der Waals surface area contributed by atoms with Crippen molar-refractivity contribution in [2.24, 2.45) is 7.05 Å². The van der Waals surface area contributed by atoms with Gasteiger partial charge in [0.1, 0.15) is 5.69 Å². The maximum absolute atomic E-state index is 12.9. The summed E-state index contributed by atoms with van der Waals surface area (Å²) in [4.78, 5) is 1.66. The summed E-state index contributed by atoms with van der Waals surface area (Å²) >= 11 is 0. The lowest BCUT2D eigenvalue weighted by atomic mass is 10.1. The average Bonchev–Trinajstić information content (AvgIpc) is 3.30. The Labute approximate surface area is 165 Å². The molecule has 1 aromatic carbocycles. The van der Waals surface area contributed by atoms with Crippen molar-refractivity contribution < 1.29 is 21.6 Å². The van der Waals surface area contributed by atoms with Crippen molar-refractivity contribution in [1.29, 1.82) is 0 Å².